The van der Waals surface area contributed by atoms with Gasteiger partial charge in [-0.25, -0.2) is 4.79 Å². The van der Waals surface area contributed by atoms with Crippen LogP contribution < -0.4 is 4.74 Å². The van der Waals surface area contributed by atoms with Crippen molar-refractivity contribution in [1.82, 2.24) is 0 Å². The summed E-state index contributed by atoms with van der Waals surface area (Å²) in [5.41, 5.74) is 4.23. The van der Waals surface area contributed by atoms with E-state index in [9.17, 15) is 14.4 Å². The monoisotopic (exact) mass is 524 g/mol. The third kappa shape index (κ3) is 4.83. The molecule has 7 heteroatoms. The minimum Gasteiger partial charge on any atom is -0.497 e. The highest BCUT2D eigenvalue weighted by Crippen LogP contribution is 2.48. The maximum atomic E-state index is 13.8. The first-order valence-corrected chi connectivity index (χ1v) is 12.7. The molecule has 0 N–H and O–H groups in total. The number of benzene rings is 2. The number of ether oxygens (including phenoxy) is 3. The number of hydrogen-bond acceptors (Lipinski definition) is 7. The molecule has 2 atom stereocenters. The highest BCUT2D eigenvalue weighted by Gasteiger charge is 2.48. The van der Waals surface area contributed by atoms with E-state index in [-0.39, 0.29) is 18.1 Å². The predicted octanol–water partition coefficient (Wildman–Crippen LogP) is 6.19. The average molecular weight is 525 g/mol. The van der Waals surface area contributed by atoms with E-state index in [2.05, 4.69) is 0 Å². The first-order valence-electron chi connectivity index (χ1n) is 12.7. The van der Waals surface area contributed by atoms with Crippen molar-refractivity contribution in [2.45, 2.75) is 26.7 Å². The lowest BCUT2D eigenvalue weighted by molar-refractivity contribution is -0.139. The van der Waals surface area contributed by atoms with Crippen LogP contribution in [0.15, 0.2) is 87.8 Å². The molecule has 198 valence electrons. The van der Waals surface area contributed by atoms with Crippen LogP contribution in [-0.2, 0) is 19.1 Å². The molecule has 1 aliphatic heterocycles. The van der Waals surface area contributed by atoms with Gasteiger partial charge in [0.2, 0.25) is 5.78 Å². The van der Waals surface area contributed by atoms with E-state index in [1.54, 1.807) is 56.5 Å². The molecule has 0 bridgehead atoms. The minimum atomic E-state index is -0.722. The van der Waals surface area contributed by atoms with E-state index in [1.807, 2.05) is 38.1 Å². The van der Waals surface area contributed by atoms with Crippen LogP contribution in [0.1, 0.15) is 47.0 Å². The van der Waals surface area contributed by atoms with Gasteiger partial charge in [0.05, 0.1) is 19.6 Å². The number of rotatable bonds is 7. The fourth-order valence-corrected chi connectivity index (χ4v) is 5.17. The zero-order valence-corrected chi connectivity index (χ0v) is 22.1. The van der Waals surface area contributed by atoms with Crippen LogP contribution in [0.3, 0.4) is 0 Å². The second-order valence-corrected chi connectivity index (χ2v) is 9.46. The van der Waals surface area contributed by atoms with E-state index >= 15 is 0 Å². The maximum Gasteiger partial charge on any atom is 0.334 e. The summed E-state index contributed by atoms with van der Waals surface area (Å²) < 4.78 is 22.8. The molecule has 1 aromatic heterocycles. The molecule has 2 heterocycles. The van der Waals surface area contributed by atoms with Gasteiger partial charge in [-0.05, 0) is 73.9 Å². The first kappa shape index (κ1) is 26.0. The Bertz CT molecular complexity index is 1550. The lowest BCUT2D eigenvalue weighted by Crippen LogP contribution is -2.28. The number of ketones is 1. The summed E-state index contributed by atoms with van der Waals surface area (Å²) in [6, 6.07) is 16.2. The molecule has 0 spiro atoms. The standard InChI is InChI=1S/C32H28O7/c1-5-37-32(35)28-19(3)15-26-30(29(28)21-7-9-22(36-4)10-8-21)31(34)27(39-26)16-23-11-13-25(38-23)24-12-6-20(17-33)14-18(24)2/h6-17,29-30H,5H2,1-4H3/b27-16-. The highest BCUT2D eigenvalue weighted by molar-refractivity contribution is 6.06. The van der Waals surface area contributed by atoms with E-state index in [4.69, 9.17) is 18.6 Å². The lowest BCUT2D eigenvalue weighted by Gasteiger charge is -2.29. The fraction of sp³-hybridized carbons (Fsp3) is 0.219. The number of furan rings is 1. The molecule has 2 aromatic carbocycles. The summed E-state index contributed by atoms with van der Waals surface area (Å²) in [6.45, 7) is 5.69. The summed E-state index contributed by atoms with van der Waals surface area (Å²) in [6.07, 6.45) is 4.11. The Balaban J connectivity index is 1.50. The number of aldehydes is 1. The SMILES string of the molecule is CCOC(=O)C1=C(C)C=C2O/C(=C\c3ccc(-c4ccc(C=O)cc4C)o3)C(=O)C2C1c1ccc(OC)cc1. The summed E-state index contributed by atoms with van der Waals surface area (Å²) >= 11 is 0. The Morgan fingerprint density at radius 2 is 1.79 bits per heavy atom. The van der Waals surface area contributed by atoms with Crippen LogP contribution in [0.25, 0.3) is 17.4 Å². The lowest BCUT2D eigenvalue weighted by atomic mass is 9.73. The Kier molecular flexibility index (Phi) is 7.07. The molecule has 1 aliphatic carbocycles. The van der Waals surface area contributed by atoms with Crippen LogP contribution in [0.5, 0.6) is 5.75 Å². The van der Waals surface area contributed by atoms with Gasteiger partial charge in [0, 0.05) is 28.7 Å². The van der Waals surface area contributed by atoms with Crippen molar-refractivity contribution >= 4 is 24.1 Å². The highest BCUT2D eigenvalue weighted by atomic mass is 16.5. The summed E-state index contributed by atoms with van der Waals surface area (Å²) in [5.74, 6) is 0.327. The van der Waals surface area contributed by atoms with Crippen molar-refractivity contribution in [2.24, 2.45) is 5.92 Å². The molecule has 3 aromatic rings. The van der Waals surface area contributed by atoms with Gasteiger partial charge in [0.25, 0.3) is 0 Å². The number of hydrogen-bond donors (Lipinski definition) is 0. The van der Waals surface area contributed by atoms with Crippen molar-refractivity contribution in [2.75, 3.05) is 13.7 Å². The van der Waals surface area contributed by atoms with Gasteiger partial charge < -0.3 is 18.6 Å². The number of Topliss-reactive ketones (excluding diaryl/α,β-unsaturated/α-hetero) is 1. The quantitative estimate of drug-likeness (QED) is 0.207. The molecule has 7 nitrogen and oxygen atoms in total. The fourth-order valence-electron chi connectivity index (χ4n) is 5.17. The number of esters is 1. The number of carbonyl (C=O) groups excluding carboxylic acids is 3. The van der Waals surface area contributed by atoms with Crippen LogP contribution >= 0.6 is 0 Å². The zero-order valence-electron chi connectivity index (χ0n) is 22.1. The first-order chi connectivity index (χ1) is 18.8. The van der Waals surface area contributed by atoms with Gasteiger partial charge in [-0.2, -0.15) is 0 Å². The van der Waals surface area contributed by atoms with Crippen LogP contribution in [0.2, 0.25) is 0 Å². The van der Waals surface area contributed by atoms with E-state index in [1.165, 1.54) is 0 Å². The van der Waals surface area contributed by atoms with Crippen molar-refractivity contribution in [3.63, 3.8) is 0 Å². The number of fused-ring (bicyclic) bond motifs is 1. The number of allylic oxidation sites excluding steroid dienone is 4. The van der Waals surface area contributed by atoms with Gasteiger partial charge in [0.15, 0.2) is 5.76 Å². The summed E-state index contributed by atoms with van der Waals surface area (Å²) in [7, 11) is 1.58. The van der Waals surface area contributed by atoms with Gasteiger partial charge in [-0.15, -0.1) is 0 Å². The molecule has 0 radical (unpaired) electrons. The van der Waals surface area contributed by atoms with Gasteiger partial charge in [-0.3, -0.25) is 9.59 Å². The van der Waals surface area contributed by atoms with Crippen molar-refractivity contribution in [3.8, 4) is 17.1 Å². The third-order valence-electron chi connectivity index (χ3n) is 7.01. The average Bonchev–Trinajstić information content (AvgIpc) is 3.52. The van der Waals surface area contributed by atoms with Crippen LogP contribution in [0.4, 0.5) is 0 Å². The number of carbonyl (C=O) groups is 3. The van der Waals surface area contributed by atoms with Crippen molar-refractivity contribution in [3.05, 3.63) is 106 Å². The topological polar surface area (TPSA) is 92.0 Å². The molecule has 39 heavy (non-hydrogen) atoms. The summed E-state index contributed by atoms with van der Waals surface area (Å²) in [5, 5.41) is 0. The maximum absolute atomic E-state index is 13.8. The van der Waals surface area contributed by atoms with Crippen molar-refractivity contribution in [1.29, 1.82) is 0 Å². The molecule has 2 unspecified atom stereocenters. The van der Waals surface area contributed by atoms with Gasteiger partial charge in [-0.1, -0.05) is 24.3 Å². The number of methoxy groups -OCH3 is 1. The minimum absolute atomic E-state index is 0.136. The molecule has 0 saturated carbocycles. The second kappa shape index (κ2) is 10.6. The van der Waals surface area contributed by atoms with Gasteiger partial charge >= 0.3 is 5.97 Å². The third-order valence-corrected chi connectivity index (χ3v) is 7.01. The van der Waals surface area contributed by atoms with Crippen LogP contribution in [0, 0.1) is 12.8 Å². The molecular formula is C32H28O7. The molecule has 0 amide bonds. The Morgan fingerprint density at radius 3 is 2.46 bits per heavy atom. The molecular weight excluding hydrogens is 496 g/mol. The van der Waals surface area contributed by atoms with E-state index < -0.39 is 17.8 Å². The Morgan fingerprint density at radius 1 is 1.03 bits per heavy atom. The smallest absolute Gasteiger partial charge is 0.334 e. The molecule has 2 aliphatic rings. The number of aryl methyl sites for hydroxylation is 1. The molecule has 1 fully saturated rings. The molecule has 5 rings (SSSR count). The van der Waals surface area contributed by atoms with Crippen molar-refractivity contribution < 1.29 is 33.0 Å². The second-order valence-electron chi connectivity index (χ2n) is 9.46. The Labute approximate surface area is 226 Å². The molecule has 1 saturated heterocycles. The normalized spacial score (nSPS) is 19.4. The van der Waals surface area contributed by atoms with Crippen LogP contribution in [-0.4, -0.2) is 31.8 Å². The van der Waals surface area contributed by atoms with E-state index in [0.717, 1.165) is 23.0 Å². The van der Waals surface area contributed by atoms with E-state index in [0.29, 0.717) is 39.7 Å². The predicted molar refractivity (Wildman–Crippen MR) is 145 cm³/mol. The summed E-state index contributed by atoms with van der Waals surface area (Å²) in [4.78, 5) is 37.9. The largest absolute Gasteiger partial charge is 0.497 e. The zero-order chi connectivity index (χ0) is 27.7. The van der Waals surface area contributed by atoms with Gasteiger partial charge in [0.1, 0.15) is 29.3 Å². The Hall–Kier alpha value is -4.65.